The molecule has 102 valence electrons. The van der Waals surface area contributed by atoms with Crippen LogP contribution in [0.5, 0.6) is 11.5 Å². The van der Waals surface area contributed by atoms with Gasteiger partial charge in [0.15, 0.2) is 0 Å². The number of nitrogens with zero attached hydrogens (tertiary/aromatic N) is 1. The Labute approximate surface area is 115 Å². The molecule has 0 amide bonds. The van der Waals surface area contributed by atoms with Gasteiger partial charge in [-0.15, -0.1) is 0 Å². The highest BCUT2D eigenvalue weighted by molar-refractivity contribution is 5.81. The number of imidazole rings is 1. The minimum absolute atomic E-state index is 0.188. The van der Waals surface area contributed by atoms with Gasteiger partial charge in [0.1, 0.15) is 17.0 Å². The highest BCUT2D eigenvalue weighted by Crippen LogP contribution is 2.23. The maximum Gasteiger partial charge on any atom is 0.326 e. The number of aromatic nitrogens is 2. The quantitative estimate of drug-likeness (QED) is 0.765. The number of benzene rings is 2. The van der Waals surface area contributed by atoms with Crippen LogP contribution >= 0.6 is 0 Å². The molecule has 0 aliphatic heterocycles. The number of hydrogen-bond donors (Lipinski definition) is 2. The van der Waals surface area contributed by atoms with Crippen molar-refractivity contribution >= 4 is 11.0 Å². The highest BCUT2D eigenvalue weighted by Gasteiger charge is 2.10. The lowest BCUT2D eigenvalue weighted by molar-refractivity contribution is 0.419. The molecule has 2 aromatic carbocycles. The summed E-state index contributed by atoms with van der Waals surface area (Å²) in [6.07, 6.45) is 0. The highest BCUT2D eigenvalue weighted by atomic mass is 16.5. The summed E-state index contributed by atoms with van der Waals surface area (Å²) in [5.41, 5.74) is 2.11. The van der Waals surface area contributed by atoms with Crippen LogP contribution in [-0.2, 0) is 6.54 Å². The summed E-state index contributed by atoms with van der Waals surface area (Å²) < 4.78 is 6.86. The molecule has 0 saturated carbocycles. The minimum Gasteiger partial charge on any atom is -0.508 e. The molecule has 0 saturated heterocycles. The Balaban J connectivity index is 2.12. The van der Waals surface area contributed by atoms with E-state index in [9.17, 15) is 9.90 Å². The van der Waals surface area contributed by atoms with Gasteiger partial charge in [-0.1, -0.05) is 18.2 Å². The van der Waals surface area contributed by atoms with Gasteiger partial charge in [0.05, 0.1) is 19.2 Å². The summed E-state index contributed by atoms with van der Waals surface area (Å²) in [6, 6.07) is 12.4. The Kier molecular flexibility index (Phi) is 2.95. The van der Waals surface area contributed by atoms with Gasteiger partial charge in [0.25, 0.3) is 0 Å². The van der Waals surface area contributed by atoms with Gasteiger partial charge < -0.3 is 14.8 Å². The van der Waals surface area contributed by atoms with E-state index in [4.69, 9.17) is 4.74 Å². The number of methoxy groups -OCH3 is 1. The number of hydrogen-bond acceptors (Lipinski definition) is 3. The summed E-state index contributed by atoms with van der Waals surface area (Å²) in [5, 5.41) is 9.49. The number of H-pyrrole nitrogens is 1. The van der Waals surface area contributed by atoms with Crippen molar-refractivity contribution in [3.05, 3.63) is 58.5 Å². The molecular formula is C15H14N2O3. The average Bonchev–Trinajstić information content (AvgIpc) is 2.75. The first-order chi connectivity index (χ1) is 9.69. The SMILES string of the molecule is COc1cccc2c1[nH]c(=O)n2Cc1cccc(O)c1. The minimum atomic E-state index is -0.201. The van der Waals surface area contributed by atoms with Crippen molar-refractivity contribution in [2.75, 3.05) is 7.11 Å². The van der Waals surface area contributed by atoms with Gasteiger partial charge in [-0.25, -0.2) is 4.79 Å². The second kappa shape index (κ2) is 4.77. The van der Waals surface area contributed by atoms with E-state index in [2.05, 4.69) is 4.98 Å². The molecule has 0 aliphatic rings. The van der Waals surface area contributed by atoms with E-state index in [0.717, 1.165) is 11.1 Å². The molecule has 0 bridgehead atoms. The molecule has 0 atom stereocenters. The Bertz CT molecular complexity index is 817. The number of phenols is 1. The van der Waals surface area contributed by atoms with Crippen LogP contribution in [-0.4, -0.2) is 21.8 Å². The predicted octanol–water partition coefficient (Wildman–Crippen LogP) is 2.09. The largest absolute Gasteiger partial charge is 0.508 e. The lowest BCUT2D eigenvalue weighted by atomic mass is 10.2. The fourth-order valence-electron chi connectivity index (χ4n) is 2.32. The van der Waals surface area contributed by atoms with Gasteiger partial charge in [0.2, 0.25) is 0 Å². The molecule has 0 unspecified atom stereocenters. The summed E-state index contributed by atoms with van der Waals surface area (Å²) in [4.78, 5) is 14.9. The van der Waals surface area contributed by atoms with Crippen molar-refractivity contribution in [2.45, 2.75) is 6.54 Å². The van der Waals surface area contributed by atoms with Crippen LogP contribution in [0.1, 0.15) is 5.56 Å². The third-order valence-corrected chi connectivity index (χ3v) is 3.24. The van der Waals surface area contributed by atoms with Crippen LogP contribution in [0.3, 0.4) is 0 Å². The second-order valence-electron chi connectivity index (χ2n) is 4.54. The van der Waals surface area contributed by atoms with E-state index in [1.165, 1.54) is 0 Å². The van der Waals surface area contributed by atoms with E-state index in [1.807, 2.05) is 18.2 Å². The predicted molar refractivity (Wildman–Crippen MR) is 76.3 cm³/mol. The first kappa shape index (κ1) is 12.3. The van der Waals surface area contributed by atoms with Crippen LogP contribution in [0, 0.1) is 0 Å². The van der Waals surface area contributed by atoms with E-state index in [1.54, 1.807) is 35.9 Å². The van der Waals surface area contributed by atoms with Crippen molar-refractivity contribution in [2.24, 2.45) is 0 Å². The topological polar surface area (TPSA) is 67.2 Å². The Morgan fingerprint density at radius 2 is 2.05 bits per heavy atom. The van der Waals surface area contributed by atoms with Crippen molar-refractivity contribution in [3.63, 3.8) is 0 Å². The van der Waals surface area contributed by atoms with Gasteiger partial charge >= 0.3 is 5.69 Å². The number of rotatable bonds is 3. The van der Waals surface area contributed by atoms with E-state index in [0.29, 0.717) is 17.8 Å². The van der Waals surface area contributed by atoms with Gasteiger partial charge in [-0.2, -0.15) is 0 Å². The zero-order valence-corrected chi connectivity index (χ0v) is 11.0. The molecule has 3 rings (SSSR count). The van der Waals surface area contributed by atoms with Gasteiger partial charge in [-0.05, 0) is 29.8 Å². The molecule has 1 aromatic heterocycles. The summed E-state index contributed by atoms with van der Waals surface area (Å²) in [7, 11) is 1.57. The molecule has 2 N–H and O–H groups in total. The molecule has 0 radical (unpaired) electrons. The fourth-order valence-corrected chi connectivity index (χ4v) is 2.32. The van der Waals surface area contributed by atoms with Crippen LogP contribution in [0.4, 0.5) is 0 Å². The Morgan fingerprint density at radius 3 is 2.80 bits per heavy atom. The standard InChI is InChI=1S/C15H14N2O3/c1-20-13-7-3-6-12-14(13)16-15(19)17(12)9-10-4-2-5-11(18)8-10/h2-8,18H,9H2,1H3,(H,16,19). The molecule has 1 heterocycles. The van der Waals surface area contributed by atoms with Crippen molar-refractivity contribution in [1.29, 1.82) is 0 Å². The molecule has 20 heavy (non-hydrogen) atoms. The Hall–Kier alpha value is -2.69. The van der Waals surface area contributed by atoms with Gasteiger partial charge in [0, 0.05) is 0 Å². The molecular weight excluding hydrogens is 256 g/mol. The first-order valence-corrected chi connectivity index (χ1v) is 6.22. The van der Waals surface area contributed by atoms with E-state index < -0.39 is 0 Å². The van der Waals surface area contributed by atoms with Crippen LogP contribution in [0.25, 0.3) is 11.0 Å². The van der Waals surface area contributed by atoms with Crippen molar-refractivity contribution in [3.8, 4) is 11.5 Å². The lowest BCUT2D eigenvalue weighted by Gasteiger charge is -2.05. The van der Waals surface area contributed by atoms with Crippen molar-refractivity contribution < 1.29 is 9.84 Å². The molecule has 0 fully saturated rings. The summed E-state index contributed by atoms with van der Waals surface area (Å²) >= 11 is 0. The number of aromatic hydroxyl groups is 1. The van der Waals surface area contributed by atoms with Crippen LogP contribution < -0.4 is 10.4 Å². The monoisotopic (exact) mass is 270 g/mol. The average molecular weight is 270 g/mol. The second-order valence-corrected chi connectivity index (χ2v) is 4.54. The van der Waals surface area contributed by atoms with Crippen LogP contribution in [0.15, 0.2) is 47.3 Å². The zero-order chi connectivity index (χ0) is 14.1. The number of phenolic OH excluding ortho intramolecular Hbond substituents is 1. The third kappa shape index (κ3) is 2.03. The summed E-state index contributed by atoms with van der Waals surface area (Å²) in [6.45, 7) is 0.389. The summed E-state index contributed by atoms with van der Waals surface area (Å²) in [5.74, 6) is 0.822. The molecule has 5 nitrogen and oxygen atoms in total. The maximum absolute atomic E-state index is 12.1. The lowest BCUT2D eigenvalue weighted by Crippen LogP contribution is -2.17. The fraction of sp³-hybridized carbons (Fsp3) is 0.133. The number of para-hydroxylation sites is 1. The zero-order valence-electron chi connectivity index (χ0n) is 11.0. The number of fused-ring (bicyclic) bond motifs is 1. The first-order valence-electron chi connectivity index (χ1n) is 6.22. The smallest absolute Gasteiger partial charge is 0.326 e. The normalized spacial score (nSPS) is 10.8. The van der Waals surface area contributed by atoms with E-state index >= 15 is 0 Å². The van der Waals surface area contributed by atoms with Gasteiger partial charge in [-0.3, -0.25) is 4.57 Å². The molecule has 0 spiro atoms. The number of ether oxygens (including phenoxy) is 1. The number of nitrogens with one attached hydrogen (secondary N) is 1. The van der Waals surface area contributed by atoms with Crippen molar-refractivity contribution in [1.82, 2.24) is 9.55 Å². The Morgan fingerprint density at radius 1 is 1.25 bits per heavy atom. The molecule has 0 aliphatic carbocycles. The molecule has 3 aromatic rings. The van der Waals surface area contributed by atoms with E-state index in [-0.39, 0.29) is 11.4 Å². The third-order valence-electron chi connectivity index (χ3n) is 3.24. The van der Waals surface area contributed by atoms with Crippen LogP contribution in [0.2, 0.25) is 0 Å². The molecule has 5 heteroatoms. The maximum atomic E-state index is 12.1. The number of aromatic amines is 1.